The third kappa shape index (κ3) is 2.38. The number of hydrogen-bond acceptors (Lipinski definition) is 6. The van der Waals surface area contributed by atoms with E-state index in [9.17, 15) is 0 Å². The standard InChI is InChI=1S/C14H20N6/c1-8-6-9(2)16-13-11(8)12(15)18-14(19-13)17-10-4-5-20(3)7-10/h6,10H,4-5,7H2,1-3H3,(H3,15,16,17,18,19). The van der Waals surface area contributed by atoms with Crippen LogP contribution in [0.5, 0.6) is 0 Å². The molecule has 1 atom stereocenters. The van der Waals surface area contributed by atoms with Gasteiger partial charge in [0.2, 0.25) is 5.95 Å². The summed E-state index contributed by atoms with van der Waals surface area (Å²) in [5.41, 5.74) is 8.75. The SMILES string of the molecule is Cc1cc(C)c2c(N)nc(NC3CCN(C)C3)nc2n1. The van der Waals surface area contributed by atoms with Crippen LogP contribution in [0.15, 0.2) is 6.07 Å². The first-order valence-corrected chi connectivity index (χ1v) is 6.89. The first-order chi connectivity index (χ1) is 9.52. The van der Waals surface area contributed by atoms with Gasteiger partial charge >= 0.3 is 0 Å². The van der Waals surface area contributed by atoms with Crippen LogP contribution >= 0.6 is 0 Å². The highest BCUT2D eigenvalue weighted by molar-refractivity contribution is 5.89. The molecule has 3 N–H and O–H groups in total. The van der Waals surface area contributed by atoms with Crippen molar-refractivity contribution in [3.8, 4) is 0 Å². The highest BCUT2D eigenvalue weighted by Crippen LogP contribution is 2.23. The van der Waals surface area contributed by atoms with Crippen molar-refractivity contribution in [2.75, 3.05) is 31.2 Å². The Labute approximate surface area is 118 Å². The summed E-state index contributed by atoms with van der Waals surface area (Å²) in [6.07, 6.45) is 1.10. The normalized spacial score (nSPS) is 19.6. The maximum absolute atomic E-state index is 6.07. The van der Waals surface area contributed by atoms with Crippen LogP contribution in [0.25, 0.3) is 11.0 Å². The molecule has 0 aromatic carbocycles. The van der Waals surface area contributed by atoms with Crippen LogP contribution in [-0.2, 0) is 0 Å². The summed E-state index contributed by atoms with van der Waals surface area (Å²) in [5, 5.41) is 4.21. The number of aromatic nitrogens is 3. The van der Waals surface area contributed by atoms with E-state index in [0.717, 1.165) is 36.2 Å². The number of fused-ring (bicyclic) bond motifs is 1. The Morgan fingerprint density at radius 2 is 2.10 bits per heavy atom. The van der Waals surface area contributed by atoms with Crippen LogP contribution in [-0.4, -0.2) is 46.0 Å². The van der Waals surface area contributed by atoms with Crippen LogP contribution in [0.2, 0.25) is 0 Å². The second-order valence-electron chi connectivity index (χ2n) is 5.60. The van der Waals surface area contributed by atoms with Crippen molar-refractivity contribution in [1.29, 1.82) is 0 Å². The van der Waals surface area contributed by atoms with E-state index in [1.165, 1.54) is 0 Å². The fourth-order valence-electron chi connectivity index (χ4n) is 2.81. The van der Waals surface area contributed by atoms with E-state index in [1.54, 1.807) is 0 Å². The molecule has 1 unspecified atom stereocenters. The van der Waals surface area contributed by atoms with Gasteiger partial charge in [-0.25, -0.2) is 4.98 Å². The first kappa shape index (κ1) is 13.1. The quantitative estimate of drug-likeness (QED) is 0.859. The zero-order chi connectivity index (χ0) is 14.3. The monoisotopic (exact) mass is 272 g/mol. The summed E-state index contributed by atoms with van der Waals surface area (Å²) in [5.74, 6) is 1.07. The lowest BCUT2D eigenvalue weighted by Gasteiger charge is -2.14. The Hall–Kier alpha value is -1.95. The van der Waals surface area contributed by atoms with Crippen molar-refractivity contribution in [1.82, 2.24) is 19.9 Å². The van der Waals surface area contributed by atoms with Crippen molar-refractivity contribution >= 4 is 22.8 Å². The average molecular weight is 272 g/mol. The Balaban J connectivity index is 1.97. The Bertz CT molecular complexity index is 654. The van der Waals surface area contributed by atoms with E-state index in [2.05, 4.69) is 32.2 Å². The van der Waals surface area contributed by atoms with Crippen LogP contribution in [0.3, 0.4) is 0 Å². The van der Waals surface area contributed by atoms with Gasteiger partial charge in [0, 0.05) is 18.3 Å². The van der Waals surface area contributed by atoms with Crippen molar-refractivity contribution in [2.45, 2.75) is 26.3 Å². The molecule has 106 valence electrons. The second-order valence-corrected chi connectivity index (χ2v) is 5.60. The molecular formula is C14H20N6. The van der Waals surface area contributed by atoms with Crippen LogP contribution in [0.4, 0.5) is 11.8 Å². The number of likely N-dealkylation sites (tertiary alicyclic amines) is 1. The number of rotatable bonds is 2. The molecule has 1 aliphatic rings. The molecule has 0 saturated carbocycles. The second kappa shape index (κ2) is 4.86. The van der Waals surface area contributed by atoms with Gasteiger partial charge in [-0.15, -0.1) is 0 Å². The lowest BCUT2D eigenvalue weighted by Crippen LogP contribution is -2.24. The smallest absolute Gasteiger partial charge is 0.226 e. The third-order valence-corrected chi connectivity index (χ3v) is 3.74. The topological polar surface area (TPSA) is 80.0 Å². The lowest BCUT2D eigenvalue weighted by molar-refractivity contribution is 0.414. The van der Waals surface area contributed by atoms with E-state index in [1.807, 2.05) is 19.9 Å². The summed E-state index contributed by atoms with van der Waals surface area (Å²) >= 11 is 0. The number of aryl methyl sites for hydroxylation is 2. The minimum Gasteiger partial charge on any atom is -0.383 e. The molecule has 3 heterocycles. The van der Waals surface area contributed by atoms with Crippen LogP contribution in [0.1, 0.15) is 17.7 Å². The summed E-state index contributed by atoms with van der Waals surface area (Å²) < 4.78 is 0. The number of nitrogen functional groups attached to an aromatic ring is 1. The fourth-order valence-corrected chi connectivity index (χ4v) is 2.81. The number of nitrogens with two attached hydrogens (primary N) is 1. The summed E-state index contributed by atoms with van der Waals surface area (Å²) in [7, 11) is 2.12. The summed E-state index contributed by atoms with van der Waals surface area (Å²) in [6.45, 7) is 6.07. The van der Waals surface area contributed by atoms with Gasteiger partial charge in [0.15, 0.2) is 5.65 Å². The van der Waals surface area contributed by atoms with E-state index in [4.69, 9.17) is 5.73 Å². The predicted molar refractivity (Wildman–Crippen MR) is 80.7 cm³/mol. The van der Waals surface area contributed by atoms with E-state index in [-0.39, 0.29) is 0 Å². The maximum Gasteiger partial charge on any atom is 0.226 e. The first-order valence-electron chi connectivity index (χ1n) is 6.89. The zero-order valence-corrected chi connectivity index (χ0v) is 12.1. The van der Waals surface area contributed by atoms with E-state index < -0.39 is 0 Å². The molecule has 20 heavy (non-hydrogen) atoms. The van der Waals surface area contributed by atoms with Gasteiger partial charge in [0.05, 0.1) is 5.39 Å². The van der Waals surface area contributed by atoms with Crippen molar-refractivity contribution in [3.63, 3.8) is 0 Å². The number of hydrogen-bond donors (Lipinski definition) is 2. The van der Waals surface area contributed by atoms with E-state index in [0.29, 0.717) is 23.5 Å². The number of nitrogens with zero attached hydrogens (tertiary/aromatic N) is 4. The zero-order valence-electron chi connectivity index (χ0n) is 12.1. The molecule has 0 bridgehead atoms. The Morgan fingerprint density at radius 3 is 2.80 bits per heavy atom. The molecule has 0 radical (unpaired) electrons. The van der Waals surface area contributed by atoms with Crippen LogP contribution in [0, 0.1) is 13.8 Å². The minimum absolute atomic E-state index is 0.378. The Kier molecular flexibility index (Phi) is 3.17. The average Bonchev–Trinajstić information content (AvgIpc) is 2.73. The van der Waals surface area contributed by atoms with Crippen molar-refractivity contribution in [3.05, 3.63) is 17.3 Å². The van der Waals surface area contributed by atoms with Crippen molar-refractivity contribution < 1.29 is 0 Å². The number of likely N-dealkylation sites (N-methyl/N-ethyl adjacent to an activating group) is 1. The molecule has 0 aliphatic carbocycles. The summed E-state index contributed by atoms with van der Waals surface area (Å²) in [4.78, 5) is 15.6. The molecule has 6 heteroatoms. The summed E-state index contributed by atoms with van der Waals surface area (Å²) in [6, 6.07) is 2.38. The van der Waals surface area contributed by atoms with Gasteiger partial charge in [-0.1, -0.05) is 0 Å². The largest absolute Gasteiger partial charge is 0.383 e. The molecule has 3 rings (SSSR count). The molecule has 0 amide bonds. The third-order valence-electron chi connectivity index (χ3n) is 3.74. The molecule has 1 fully saturated rings. The van der Waals surface area contributed by atoms with Gasteiger partial charge in [-0.2, -0.15) is 9.97 Å². The molecule has 2 aromatic rings. The lowest BCUT2D eigenvalue weighted by atomic mass is 10.1. The molecule has 0 spiro atoms. The van der Waals surface area contributed by atoms with Gasteiger partial charge < -0.3 is 16.0 Å². The van der Waals surface area contributed by atoms with E-state index >= 15 is 0 Å². The highest BCUT2D eigenvalue weighted by atomic mass is 15.2. The molecular weight excluding hydrogens is 252 g/mol. The van der Waals surface area contributed by atoms with Gasteiger partial charge in [-0.3, -0.25) is 0 Å². The highest BCUT2D eigenvalue weighted by Gasteiger charge is 2.20. The Morgan fingerprint density at radius 1 is 1.30 bits per heavy atom. The number of anilines is 2. The maximum atomic E-state index is 6.07. The molecule has 1 aliphatic heterocycles. The van der Waals surface area contributed by atoms with Gasteiger partial charge in [-0.05, 0) is 45.5 Å². The van der Waals surface area contributed by atoms with Crippen LogP contribution < -0.4 is 11.1 Å². The van der Waals surface area contributed by atoms with Gasteiger partial charge in [0.25, 0.3) is 0 Å². The minimum atomic E-state index is 0.378. The number of nitrogens with one attached hydrogen (secondary N) is 1. The molecule has 2 aromatic heterocycles. The predicted octanol–water partition coefficient (Wildman–Crippen LogP) is 1.34. The van der Waals surface area contributed by atoms with Crippen molar-refractivity contribution in [2.24, 2.45) is 0 Å². The molecule has 1 saturated heterocycles. The van der Waals surface area contributed by atoms with Gasteiger partial charge in [0.1, 0.15) is 5.82 Å². The molecule has 6 nitrogen and oxygen atoms in total. The number of pyridine rings is 1. The fraction of sp³-hybridized carbons (Fsp3) is 0.500.